The fourth-order valence-electron chi connectivity index (χ4n) is 2.37. The van der Waals surface area contributed by atoms with E-state index in [1.807, 2.05) is 0 Å². The van der Waals surface area contributed by atoms with Crippen LogP contribution in [-0.2, 0) is 14.2 Å². The molecule has 88 valence electrons. The van der Waals surface area contributed by atoms with Crippen molar-refractivity contribution in [1.82, 2.24) is 0 Å². The van der Waals surface area contributed by atoms with Crippen molar-refractivity contribution in [2.45, 2.75) is 31.5 Å². The van der Waals surface area contributed by atoms with Crippen molar-refractivity contribution in [2.75, 3.05) is 33.1 Å². The maximum atomic E-state index is 11.8. The van der Waals surface area contributed by atoms with E-state index in [1.54, 1.807) is 0 Å². The standard InChI is InChI=1S/C11H19FO3/c12-5-6-13-9-10-1-3-11(4-2-10)14-7-8-15-11/h10H,1-9H2. The highest BCUT2D eigenvalue weighted by molar-refractivity contribution is 4.82. The van der Waals surface area contributed by atoms with Crippen molar-refractivity contribution >= 4 is 0 Å². The van der Waals surface area contributed by atoms with Crippen LogP contribution in [0.4, 0.5) is 4.39 Å². The van der Waals surface area contributed by atoms with Gasteiger partial charge in [0.2, 0.25) is 0 Å². The Morgan fingerprint density at radius 3 is 2.47 bits per heavy atom. The predicted molar refractivity (Wildman–Crippen MR) is 53.4 cm³/mol. The minimum Gasteiger partial charge on any atom is -0.378 e. The lowest BCUT2D eigenvalue weighted by molar-refractivity contribution is -0.184. The lowest BCUT2D eigenvalue weighted by atomic mass is 9.85. The van der Waals surface area contributed by atoms with Crippen molar-refractivity contribution in [2.24, 2.45) is 5.92 Å². The Morgan fingerprint density at radius 2 is 1.87 bits per heavy atom. The van der Waals surface area contributed by atoms with E-state index in [9.17, 15) is 4.39 Å². The fraction of sp³-hybridized carbons (Fsp3) is 1.00. The second kappa shape index (κ2) is 5.23. The summed E-state index contributed by atoms with van der Waals surface area (Å²) in [5, 5.41) is 0. The molecule has 2 aliphatic rings. The molecule has 3 nitrogen and oxygen atoms in total. The van der Waals surface area contributed by atoms with Crippen LogP contribution in [0, 0.1) is 5.92 Å². The third kappa shape index (κ3) is 2.89. The van der Waals surface area contributed by atoms with Gasteiger partial charge in [0.15, 0.2) is 5.79 Å². The molecule has 1 saturated heterocycles. The quantitative estimate of drug-likeness (QED) is 0.675. The summed E-state index contributed by atoms with van der Waals surface area (Å²) >= 11 is 0. The first kappa shape index (κ1) is 11.3. The molecule has 1 saturated carbocycles. The smallest absolute Gasteiger partial charge is 0.168 e. The lowest BCUT2D eigenvalue weighted by Gasteiger charge is -2.35. The summed E-state index contributed by atoms with van der Waals surface area (Å²) in [7, 11) is 0. The Balaban J connectivity index is 1.67. The molecule has 2 rings (SSSR count). The Bertz CT molecular complexity index is 182. The van der Waals surface area contributed by atoms with Crippen LogP contribution in [0.3, 0.4) is 0 Å². The molecule has 0 aromatic heterocycles. The maximum Gasteiger partial charge on any atom is 0.168 e. The molecule has 2 fully saturated rings. The van der Waals surface area contributed by atoms with Crippen LogP contribution < -0.4 is 0 Å². The van der Waals surface area contributed by atoms with E-state index < -0.39 is 0 Å². The van der Waals surface area contributed by atoms with Gasteiger partial charge in [-0.25, -0.2) is 4.39 Å². The Hall–Kier alpha value is -0.190. The Labute approximate surface area is 89.9 Å². The molecule has 0 radical (unpaired) electrons. The van der Waals surface area contributed by atoms with Gasteiger partial charge in [-0.3, -0.25) is 0 Å². The van der Waals surface area contributed by atoms with E-state index in [1.165, 1.54) is 0 Å². The first-order valence-corrected chi connectivity index (χ1v) is 5.76. The van der Waals surface area contributed by atoms with Crippen molar-refractivity contribution in [1.29, 1.82) is 0 Å². The SMILES string of the molecule is FCCOCC1CCC2(CC1)OCCO2. The molecule has 0 N–H and O–H groups in total. The lowest BCUT2D eigenvalue weighted by Crippen LogP contribution is -2.36. The molecular formula is C11H19FO3. The van der Waals surface area contributed by atoms with E-state index >= 15 is 0 Å². The van der Waals surface area contributed by atoms with Gasteiger partial charge in [-0.1, -0.05) is 0 Å². The van der Waals surface area contributed by atoms with Gasteiger partial charge in [0.1, 0.15) is 6.67 Å². The summed E-state index contributed by atoms with van der Waals surface area (Å²) in [5.41, 5.74) is 0. The molecule has 1 aliphatic heterocycles. The molecule has 0 atom stereocenters. The number of hydrogen-bond acceptors (Lipinski definition) is 3. The van der Waals surface area contributed by atoms with Crippen LogP contribution in [0.1, 0.15) is 25.7 Å². The number of alkyl halides is 1. The fourth-order valence-corrected chi connectivity index (χ4v) is 2.37. The van der Waals surface area contributed by atoms with Gasteiger partial charge in [0.05, 0.1) is 19.8 Å². The van der Waals surface area contributed by atoms with Crippen molar-refractivity contribution in [3.63, 3.8) is 0 Å². The van der Waals surface area contributed by atoms with Gasteiger partial charge in [-0.05, 0) is 18.8 Å². The summed E-state index contributed by atoms with van der Waals surface area (Å²) in [6.45, 7) is 1.98. The molecule has 1 spiro atoms. The van der Waals surface area contributed by atoms with E-state index in [0.29, 0.717) is 12.5 Å². The normalized spacial score (nSPS) is 26.2. The van der Waals surface area contributed by atoms with Gasteiger partial charge in [-0.15, -0.1) is 0 Å². The average Bonchev–Trinajstić information content (AvgIpc) is 2.71. The third-order valence-corrected chi connectivity index (χ3v) is 3.26. The van der Waals surface area contributed by atoms with Gasteiger partial charge in [0, 0.05) is 19.4 Å². The highest BCUT2D eigenvalue weighted by Gasteiger charge is 2.40. The van der Waals surface area contributed by atoms with Gasteiger partial charge in [0.25, 0.3) is 0 Å². The zero-order valence-electron chi connectivity index (χ0n) is 9.04. The summed E-state index contributed by atoms with van der Waals surface area (Å²) in [5.74, 6) is 0.270. The second-order valence-corrected chi connectivity index (χ2v) is 4.31. The maximum absolute atomic E-state index is 11.8. The topological polar surface area (TPSA) is 27.7 Å². The number of hydrogen-bond donors (Lipinski definition) is 0. The van der Waals surface area contributed by atoms with Crippen LogP contribution in [-0.4, -0.2) is 38.9 Å². The van der Waals surface area contributed by atoms with Crippen molar-refractivity contribution in [3.05, 3.63) is 0 Å². The largest absolute Gasteiger partial charge is 0.378 e. The first-order chi connectivity index (χ1) is 7.35. The Morgan fingerprint density at radius 1 is 1.20 bits per heavy atom. The molecule has 1 heterocycles. The van der Waals surface area contributed by atoms with Crippen LogP contribution in [0.25, 0.3) is 0 Å². The molecule has 15 heavy (non-hydrogen) atoms. The van der Waals surface area contributed by atoms with Crippen molar-refractivity contribution in [3.8, 4) is 0 Å². The van der Waals surface area contributed by atoms with Crippen LogP contribution in [0.15, 0.2) is 0 Å². The van der Waals surface area contributed by atoms with Gasteiger partial charge < -0.3 is 14.2 Å². The summed E-state index contributed by atoms with van der Waals surface area (Å²) < 4.78 is 28.3. The van der Waals surface area contributed by atoms with Crippen molar-refractivity contribution < 1.29 is 18.6 Å². The van der Waals surface area contributed by atoms with Crippen LogP contribution in [0.2, 0.25) is 0 Å². The van der Waals surface area contributed by atoms with Gasteiger partial charge in [-0.2, -0.15) is 0 Å². The molecule has 0 unspecified atom stereocenters. The molecule has 1 aliphatic carbocycles. The van der Waals surface area contributed by atoms with E-state index in [4.69, 9.17) is 14.2 Å². The first-order valence-electron chi connectivity index (χ1n) is 5.76. The summed E-state index contributed by atoms with van der Waals surface area (Å²) in [6.07, 6.45) is 4.03. The monoisotopic (exact) mass is 218 g/mol. The van der Waals surface area contributed by atoms with Crippen LogP contribution in [0.5, 0.6) is 0 Å². The average molecular weight is 218 g/mol. The molecule has 0 bridgehead atoms. The highest BCUT2D eigenvalue weighted by atomic mass is 19.1. The summed E-state index contributed by atoms with van der Waals surface area (Å²) in [6, 6.07) is 0. The molecule has 0 aromatic carbocycles. The zero-order chi connectivity index (χ0) is 10.6. The molecular weight excluding hydrogens is 199 g/mol. The summed E-state index contributed by atoms with van der Waals surface area (Å²) in [4.78, 5) is 0. The number of halogens is 1. The van der Waals surface area contributed by atoms with E-state index in [0.717, 1.165) is 38.9 Å². The number of rotatable bonds is 4. The predicted octanol–water partition coefficient (Wildman–Crippen LogP) is 1.91. The number of ether oxygens (including phenoxy) is 3. The van der Waals surface area contributed by atoms with Crippen LogP contribution >= 0.6 is 0 Å². The third-order valence-electron chi connectivity index (χ3n) is 3.26. The molecule has 0 aromatic rings. The zero-order valence-corrected chi connectivity index (χ0v) is 9.04. The van der Waals surface area contributed by atoms with E-state index in [2.05, 4.69) is 0 Å². The van der Waals surface area contributed by atoms with E-state index in [-0.39, 0.29) is 19.1 Å². The second-order valence-electron chi connectivity index (χ2n) is 4.31. The minimum atomic E-state index is -0.386. The molecule has 0 amide bonds. The van der Waals surface area contributed by atoms with Gasteiger partial charge >= 0.3 is 0 Å². The Kier molecular flexibility index (Phi) is 3.94. The minimum absolute atomic E-state index is 0.231. The highest BCUT2D eigenvalue weighted by Crippen LogP contribution is 2.38. The molecule has 4 heteroatoms.